The molecule has 1 fully saturated rings. The van der Waals surface area contributed by atoms with Gasteiger partial charge >= 0.3 is 5.97 Å². The molecule has 0 saturated heterocycles. The van der Waals surface area contributed by atoms with Crippen molar-refractivity contribution in [2.24, 2.45) is 0 Å². The van der Waals surface area contributed by atoms with Crippen molar-refractivity contribution < 1.29 is 9.53 Å². The van der Waals surface area contributed by atoms with E-state index in [1.165, 1.54) is 57.8 Å². The summed E-state index contributed by atoms with van der Waals surface area (Å²) in [6.45, 7) is 7.50. The Balaban J connectivity index is 2.53. The smallest absolute Gasteiger partial charge is 0.333 e. The minimum Gasteiger partial charge on any atom is -0.456 e. The first-order valence-electron chi connectivity index (χ1n) is 7.92. The Bertz CT molecular complexity index is 282. The van der Waals surface area contributed by atoms with Crippen LogP contribution in [0.1, 0.15) is 84.5 Å². The maximum Gasteiger partial charge on any atom is 0.333 e. The van der Waals surface area contributed by atoms with Gasteiger partial charge in [0.15, 0.2) is 0 Å². The summed E-state index contributed by atoms with van der Waals surface area (Å²) in [5.74, 6) is -0.227. The normalized spacial score (nSPS) is 21.8. The number of esters is 1. The third kappa shape index (κ3) is 6.79. The van der Waals surface area contributed by atoms with Crippen LogP contribution in [-0.2, 0) is 9.53 Å². The fourth-order valence-electron chi connectivity index (χ4n) is 2.77. The Morgan fingerprint density at radius 3 is 1.63 bits per heavy atom. The summed E-state index contributed by atoms with van der Waals surface area (Å²) in [5.41, 5.74) is 0.224. The average Bonchev–Trinajstić information content (AvgIpc) is 2.34. The van der Waals surface area contributed by atoms with Crippen LogP contribution in [0.4, 0.5) is 0 Å². The topological polar surface area (TPSA) is 26.3 Å². The van der Waals surface area contributed by atoms with Crippen molar-refractivity contribution in [2.75, 3.05) is 0 Å². The molecule has 1 saturated carbocycles. The predicted molar refractivity (Wildman–Crippen MR) is 80.1 cm³/mol. The highest BCUT2D eigenvalue weighted by Gasteiger charge is 2.28. The molecule has 2 nitrogen and oxygen atoms in total. The molecule has 0 heterocycles. The van der Waals surface area contributed by atoms with Gasteiger partial charge in [0.25, 0.3) is 0 Å². The Morgan fingerprint density at radius 1 is 0.895 bits per heavy atom. The number of ether oxygens (including phenoxy) is 1. The number of rotatable bonds is 2. The van der Waals surface area contributed by atoms with E-state index < -0.39 is 0 Å². The third-order valence-corrected chi connectivity index (χ3v) is 4.10. The highest BCUT2D eigenvalue weighted by Crippen LogP contribution is 2.28. The van der Waals surface area contributed by atoms with Crippen LogP contribution in [0.25, 0.3) is 0 Å². The molecule has 0 aromatic heterocycles. The maximum absolute atomic E-state index is 11.8. The quantitative estimate of drug-likeness (QED) is 0.509. The number of hydrogen-bond donors (Lipinski definition) is 0. The molecule has 2 heteroatoms. The Morgan fingerprint density at radius 2 is 1.26 bits per heavy atom. The summed E-state index contributed by atoms with van der Waals surface area (Å²) in [6.07, 6.45) is 13.6. The highest BCUT2D eigenvalue weighted by atomic mass is 16.6. The van der Waals surface area contributed by atoms with Crippen molar-refractivity contribution in [3.05, 3.63) is 12.2 Å². The maximum atomic E-state index is 11.8. The van der Waals surface area contributed by atoms with Crippen molar-refractivity contribution in [3.8, 4) is 0 Å². The minimum atomic E-state index is -0.283. The fraction of sp³-hybridized carbons (Fsp3) is 0.824. The summed E-state index contributed by atoms with van der Waals surface area (Å²) >= 11 is 0. The molecule has 1 aliphatic rings. The molecule has 0 bridgehead atoms. The van der Waals surface area contributed by atoms with E-state index in [2.05, 4.69) is 13.5 Å². The van der Waals surface area contributed by atoms with Gasteiger partial charge in [-0.25, -0.2) is 4.79 Å². The van der Waals surface area contributed by atoms with E-state index in [-0.39, 0.29) is 11.6 Å². The van der Waals surface area contributed by atoms with Crippen molar-refractivity contribution >= 4 is 5.97 Å². The van der Waals surface area contributed by atoms with Gasteiger partial charge < -0.3 is 4.74 Å². The van der Waals surface area contributed by atoms with Crippen LogP contribution < -0.4 is 0 Å². The fourth-order valence-corrected chi connectivity index (χ4v) is 2.77. The summed E-state index contributed by atoms with van der Waals surface area (Å²) < 4.78 is 5.71. The number of carbonyl (C=O) groups excluding carboxylic acids is 1. The van der Waals surface area contributed by atoms with Gasteiger partial charge in [-0.2, -0.15) is 0 Å². The molecule has 0 amide bonds. The molecule has 0 atom stereocenters. The molecular weight excluding hydrogens is 236 g/mol. The molecule has 0 unspecified atom stereocenters. The standard InChI is InChI=1S/C17H30O2/c1-15(2)16(18)19-17(3)13-11-9-7-5-4-6-8-10-12-14-17/h1,4-14H2,2-3H3. The zero-order valence-corrected chi connectivity index (χ0v) is 12.8. The van der Waals surface area contributed by atoms with Crippen LogP contribution in [0.15, 0.2) is 12.2 Å². The van der Waals surface area contributed by atoms with Gasteiger partial charge in [0.05, 0.1) is 0 Å². The minimum absolute atomic E-state index is 0.227. The lowest BCUT2D eigenvalue weighted by atomic mass is 9.90. The molecule has 110 valence electrons. The van der Waals surface area contributed by atoms with Crippen LogP contribution in [0.3, 0.4) is 0 Å². The van der Waals surface area contributed by atoms with Crippen LogP contribution >= 0.6 is 0 Å². The van der Waals surface area contributed by atoms with E-state index in [0.29, 0.717) is 5.57 Å². The largest absolute Gasteiger partial charge is 0.456 e. The van der Waals surface area contributed by atoms with Gasteiger partial charge in [-0.1, -0.05) is 51.5 Å². The third-order valence-electron chi connectivity index (χ3n) is 4.10. The van der Waals surface area contributed by atoms with E-state index >= 15 is 0 Å². The van der Waals surface area contributed by atoms with Crippen molar-refractivity contribution in [2.45, 2.75) is 90.1 Å². The van der Waals surface area contributed by atoms with Crippen molar-refractivity contribution in [1.82, 2.24) is 0 Å². The van der Waals surface area contributed by atoms with E-state index in [1.807, 2.05) is 0 Å². The van der Waals surface area contributed by atoms with Gasteiger partial charge in [0.2, 0.25) is 0 Å². The van der Waals surface area contributed by atoms with E-state index in [1.54, 1.807) is 6.92 Å². The van der Waals surface area contributed by atoms with E-state index in [9.17, 15) is 4.79 Å². The van der Waals surface area contributed by atoms with Crippen LogP contribution in [0, 0.1) is 0 Å². The van der Waals surface area contributed by atoms with Gasteiger partial charge in [0, 0.05) is 5.57 Å². The Kier molecular flexibility index (Phi) is 7.19. The first kappa shape index (κ1) is 16.3. The van der Waals surface area contributed by atoms with Crippen molar-refractivity contribution in [3.63, 3.8) is 0 Å². The molecule has 0 aromatic carbocycles. The van der Waals surface area contributed by atoms with Crippen LogP contribution in [0.2, 0.25) is 0 Å². The summed E-state index contributed by atoms with van der Waals surface area (Å²) in [6, 6.07) is 0. The first-order valence-corrected chi connectivity index (χ1v) is 7.92. The molecular formula is C17H30O2. The molecule has 1 aliphatic carbocycles. The lowest BCUT2D eigenvalue weighted by molar-refractivity contribution is -0.154. The molecule has 0 aromatic rings. The molecule has 0 N–H and O–H groups in total. The van der Waals surface area contributed by atoms with Gasteiger partial charge in [-0.3, -0.25) is 0 Å². The molecule has 0 aliphatic heterocycles. The summed E-state index contributed by atoms with van der Waals surface area (Å²) in [5, 5.41) is 0. The summed E-state index contributed by atoms with van der Waals surface area (Å²) in [4.78, 5) is 11.8. The lowest BCUT2D eigenvalue weighted by Crippen LogP contribution is -2.32. The zero-order chi connectivity index (χ0) is 14.1. The highest BCUT2D eigenvalue weighted by molar-refractivity contribution is 5.87. The van der Waals surface area contributed by atoms with E-state index in [0.717, 1.165) is 12.8 Å². The average molecular weight is 266 g/mol. The Hall–Kier alpha value is -0.790. The number of carbonyl (C=O) groups is 1. The molecule has 0 spiro atoms. The SMILES string of the molecule is C=C(C)C(=O)OC1(C)CCCCCCCCCCC1. The number of hydrogen-bond acceptors (Lipinski definition) is 2. The second-order valence-electron chi connectivity index (χ2n) is 6.30. The first-order chi connectivity index (χ1) is 9.03. The molecule has 1 rings (SSSR count). The predicted octanol–water partition coefficient (Wildman–Crippen LogP) is 5.17. The molecule has 0 radical (unpaired) electrons. The van der Waals surface area contributed by atoms with E-state index in [4.69, 9.17) is 4.74 Å². The monoisotopic (exact) mass is 266 g/mol. The molecule has 19 heavy (non-hydrogen) atoms. The second-order valence-corrected chi connectivity index (χ2v) is 6.30. The lowest BCUT2D eigenvalue weighted by Gasteiger charge is -2.30. The summed E-state index contributed by atoms with van der Waals surface area (Å²) in [7, 11) is 0. The second kappa shape index (κ2) is 8.39. The van der Waals surface area contributed by atoms with Crippen LogP contribution in [-0.4, -0.2) is 11.6 Å². The van der Waals surface area contributed by atoms with Gasteiger partial charge in [-0.15, -0.1) is 0 Å². The zero-order valence-electron chi connectivity index (χ0n) is 12.8. The van der Waals surface area contributed by atoms with Gasteiger partial charge in [0.1, 0.15) is 5.60 Å². The van der Waals surface area contributed by atoms with Crippen molar-refractivity contribution in [1.29, 1.82) is 0 Å². The van der Waals surface area contributed by atoms with Crippen LogP contribution in [0.5, 0.6) is 0 Å². The van der Waals surface area contributed by atoms with Gasteiger partial charge in [-0.05, 0) is 39.5 Å². The Labute approximate surface area is 118 Å².